The van der Waals surface area contributed by atoms with Crippen LogP contribution in [0.25, 0.3) is 0 Å². The van der Waals surface area contributed by atoms with Gasteiger partial charge in [-0.25, -0.2) is 4.39 Å². The van der Waals surface area contributed by atoms with E-state index in [9.17, 15) is 4.39 Å². The van der Waals surface area contributed by atoms with Crippen molar-refractivity contribution in [1.29, 1.82) is 0 Å². The molecule has 0 saturated carbocycles. The molecule has 2 rings (SSSR count). The van der Waals surface area contributed by atoms with Crippen molar-refractivity contribution < 1.29 is 4.39 Å². The zero-order chi connectivity index (χ0) is 14.4. The highest BCUT2D eigenvalue weighted by atomic mass is 19.1. The molecule has 0 heterocycles. The van der Waals surface area contributed by atoms with E-state index in [0.717, 1.165) is 24.9 Å². The SMILES string of the molecule is CCCNC(Cc1ccccc1)c1ccc(F)c(C)c1. The summed E-state index contributed by atoms with van der Waals surface area (Å²) < 4.78 is 13.4. The van der Waals surface area contributed by atoms with Gasteiger partial charge in [-0.1, -0.05) is 49.4 Å². The van der Waals surface area contributed by atoms with Gasteiger partial charge >= 0.3 is 0 Å². The average molecular weight is 271 g/mol. The predicted octanol–water partition coefficient (Wildman–Crippen LogP) is 4.42. The van der Waals surface area contributed by atoms with Gasteiger partial charge < -0.3 is 5.32 Å². The Bertz CT molecular complexity index is 536. The molecular weight excluding hydrogens is 249 g/mol. The van der Waals surface area contributed by atoms with E-state index in [4.69, 9.17) is 0 Å². The lowest BCUT2D eigenvalue weighted by Gasteiger charge is -2.20. The molecule has 2 heteroatoms. The zero-order valence-corrected chi connectivity index (χ0v) is 12.2. The van der Waals surface area contributed by atoms with E-state index in [1.165, 1.54) is 5.56 Å². The highest BCUT2D eigenvalue weighted by molar-refractivity contribution is 5.28. The Kier molecular flexibility index (Phi) is 5.31. The first-order valence-electron chi connectivity index (χ1n) is 7.24. The minimum atomic E-state index is -0.136. The van der Waals surface area contributed by atoms with Crippen LogP contribution < -0.4 is 5.32 Å². The van der Waals surface area contributed by atoms with Crippen molar-refractivity contribution >= 4 is 0 Å². The first kappa shape index (κ1) is 14.7. The Labute approximate surface area is 120 Å². The standard InChI is InChI=1S/C18H22FN/c1-3-11-20-18(13-15-7-5-4-6-8-15)16-9-10-17(19)14(2)12-16/h4-10,12,18,20H,3,11,13H2,1-2H3. The molecule has 0 aliphatic rings. The van der Waals surface area contributed by atoms with E-state index < -0.39 is 0 Å². The molecule has 0 spiro atoms. The number of aryl methyl sites for hydroxylation is 1. The summed E-state index contributed by atoms with van der Waals surface area (Å²) in [6, 6.07) is 16.1. The molecule has 1 N–H and O–H groups in total. The first-order valence-corrected chi connectivity index (χ1v) is 7.24. The molecule has 0 fully saturated rings. The number of rotatable bonds is 6. The minimum Gasteiger partial charge on any atom is -0.310 e. The molecule has 1 unspecified atom stereocenters. The van der Waals surface area contributed by atoms with Crippen molar-refractivity contribution in [2.45, 2.75) is 32.7 Å². The van der Waals surface area contributed by atoms with Crippen LogP contribution in [0.1, 0.15) is 36.1 Å². The Morgan fingerprint density at radius 1 is 1.10 bits per heavy atom. The van der Waals surface area contributed by atoms with E-state index in [-0.39, 0.29) is 11.9 Å². The van der Waals surface area contributed by atoms with E-state index in [1.807, 2.05) is 25.1 Å². The van der Waals surface area contributed by atoms with Crippen LogP contribution in [0.4, 0.5) is 4.39 Å². The van der Waals surface area contributed by atoms with E-state index >= 15 is 0 Å². The lowest BCUT2D eigenvalue weighted by Crippen LogP contribution is -2.24. The van der Waals surface area contributed by atoms with Crippen LogP contribution in [-0.4, -0.2) is 6.54 Å². The Morgan fingerprint density at radius 3 is 2.50 bits per heavy atom. The second-order valence-electron chi connectivity index (χ2n) is 5.21. The monoisotopic (exact) mass is 271 g/mol. The number of hydrogen-bond donors (Lipinski definition) is 1. The summed E-state index contributed by atoms with van der Waals surface area (Å²) in [6.45, 7) is 4.94. The number of halogens is 1. The summed E-state index contributed by atoms with van der Waals surface area (Å²) in [4.78, 5) is 0. The Hall–Kier alpha value is -1.67. The maximum Gasteiger partial charge on any atom is 0.126 e. The molecule has 0 saturated heterocycles. The van der Waals surface area contributed by atoms with Gasteiger partial charge in [-0.2, -0.15) is 0 Å². The molecule has 0 radical (unpaired) electrons. The Morgan fingerprint density at radius 2 is 1.85 bits per heavy atom. The van der Waals surface area contributed by atoms with E-state index in [2.05, 4.69) is 36.5 Å². The van der Waals surface area contributed by atoms with E-state index in [1.54, 1.807) is 6.07 Å². The molecule has 1 atom stereocenters. The van der Waals surface area contributed by atoms with Crippen LogP contribution in [0, 0.1) is 12.7 Å². The zero-order valence-electron chi connectivity index (χ0n) is 12.2. The summed E-state index contributed by atoms with van der Waals surface area (Å²) in [5, 5.41) is 3.56. The van der Waals surface area contributed by atoms with Crippen molar-refractivity contribution in [3.63, 3.8) is 0 Å². The van der Waals surface area contributed by atoms with Gasteiger partial charge in [0.2, 0.25) is 0 Å². The highest BCUT2D eigenvalue weighted by Gasteiger charge is 2.12. The molecule has 1 nitrogen and oxygen atoms in total. The van der Waals surface area contributed by atoms with Gasteiger partial charge in [0.1, 0.15) is 5.82 Å². The number of benzene rings is 2. The fraction of sp³-hybridized carbons (Fsp3) is 0.333. The first-order chi connectivity index (χ1) is 9.70. The second kappa shape index (κ2) is 7.20. The second-order valence-corrected chi connectivity index (χ2v) is 5.21. The van der Waals surface area contributed by atoms with Gasteiger partial charge in [0.05, 0.1) is 0 Å². The van der Waals surface area contributed by atoms with Gasteiger partial charge in [-0.3, -0.25) is 0 Å². The summed E-state index contributed by atoms with van der Waals surface area (Å²) in [7, 11) is 0. The molecule has 2 aromatic rings. The predicted molar refractivity (Wildman–Crippen MR) is 82.3 cm³/mol. The summed E-state index contributed by atoms with van der Waals surface area (Å²) >= 11 is 0. The smallest absolute Gasteiger partial charge is 0.126 e. The van der Waals surface area contributed by atoms with Crippen LogP contribution in [0.3, 0.4) is 0 Å². The van der Waals surface area contributed by atoms with Gasteiger partial charge in [0.25, 0.3) is 0 Å². The maximum atomic E-state index is 13.4. The molecule has 106 valence electrons. The molecule has 0 aliphatic carbocycles. The molecule has 0 aliphatic heterocycles. The normalized spacial score (nSPS) is 12.3. The fourth-order valence-corrected chi connectivity index (χ4v) is 2.36. The van der Waals surface area contributed by atoms with Crippen LogP contribution in [0.15, 0.2) is 48.5 Å². The van der Waals surface area contributed by atoms with E-state index in [0.29, 0.717) is 5.56 Å². The van der Waals surface area contributed by atoms with Crippen molar-refractivity contribution in [3.8, 4) is 0 Å². The third-order valence-corrected chi connectivity index (χ3v) is 3.51. The molecule has 0 bridgehead atoms. The quantitative estimate of drug-likeness (QED) is 0.820. The van der Waals surface area contributed by atoms with Crippen LogP contribution in [0.2, 0.25) is 0 Å². The maximum absolute atomic E-state index is 13.4. The van der Waals surface area contributed by atoms with Crippen molar-refractivity contribution in [3.05, 3.63) is 71.0 Å². The third kappa shape index (κ3) is 3.91. The summed E-state index contributed by atoms with van der Waals surface area (Å²) in [5.74, 6) is -0.136. The number of hydrogen-bond acceptors (Lipinski definition) is 1. The topological polar surface area (TPSA) is 12.0 Å². The largest absolute Gasteiger partial charge is 0.310 e. The number of nitrogens with one attached hydrogen (secondary N) is 1. The van der Waals surface area contributed by atoms with Crippen molar-refractivity contribution in [2.75, 3.05) is 6.54 Å². The summed E-state index contributed by atoms with van der Waals surface area (Å²) in [5.41, 5.74) is 3.16. The Balaban J connectivity index is 2.20. The molecule has 20 heavy (non-hydrogen) atoms. The lowest BCUT2D eigenvalue weighted by atomic mass is 9.97. The van der Waals surface area contributed by atoms with Gasteiger partial charge in [-0.15, -0.1) is 0 Å². The molecule has 0 amide bonds. The van der Waals surface area contributed by atoms with Crippen LogP contribution in [0.5, 0.6) is 0 Å². The summed E-state index contributed by atoms with van der Waals surface area (Å²) in [6.07, 6.45) is 2.01. The lowest BCUT2D eigenvalue weighted by molar-refractivity contribution is 0.527. The molecule has 2 aromatic carbocycles. The fourth-order valence-electron chi connectivity index (χ4n) is 2.36. The molecular formula is C18H22FN. The van der Waals surface area contributed by atoms with Crippen LogP contribution in [-0.2, 0) is 6.42 Å². The van der Waals surface area contributed by atoms with Crippen molar-refractivity contribution in [2.24, 2.45) is 0 Å². The van der Waals surface area contributed by atoms with Gasteiger partial charge in [0.15, 0.2) is 0 Å². The average Bonchev–Trinajstić information content (AvgIpc) is 2.47. The van der Waals surface area contributed by atoms with Crippen molar-refractivity contribution in [1.82, 2.24) is 5.32 Å². The molecule has 0 aromatic heterocycles. The third-order valence-electron chi connectivity index (χ3n) is 3.51. The van der Waals surface area contributed by atoms with Crippen LogP contribution >= 0.6 is 0 Å². The van der Waals surface area contributed by atoms with Gasteiger partial charge in [0, 0.05) is 6.04 Å². The minimum absolute atomic E-state index is 0.136. The highest BCUT2D eigenvalue weighted by Crippen LogP contribution is 2.21. The van der Waals surface area contributed by atoms with Gasteiger partial charge in [-0.05, 0) is 49.1 Å².